The van der Waals surface area contributed by atoms with E-state index in [1.54, 1.807) is 23.5 Å². The smallest absolute Gasteiger partial charge is 0.170 e. The SMILES string of the molecule is CC(C)=CCc1c(O)ccc2c1OC(c1cc(Br)cs1)CC2=O. The molecule has 120 valence electrons. The van der Waals surface area contributed by atoms with Gasteiger partial charge >= 0.3 is 0 Å². The van der Waals surface area contributed by atoms with Gasteiger partial charge in [0, 0.05) is 20.3 Å². The van der Waals surface area contributed by atoms with E-state index in [0.29, 0.717) is 29.7 Å². The standard InChI is InChI=1S/C18H17BrO3S/c1-10(2)3-4-12-14(20)6-5-13-15(21)8-16(22-18(12)13)17-7-11(19)9-23-17/h3,5-7,9,16,20H,4,8H2,1-2H3. The van der Waals surface area contributed by atoms with Crippen LogP contribution >= 0.6 is 27.3 Å². The molecule has 1 aromatic carbocycles. The first-order chi connectivity index (χ1) is 11.0. The molecule has 0 amide bonds. The number of hydrogen-bond donors (Lipinski definition) is 1. The highest BCUT2D eigenvalue weighted by molar-refractivity contribution is 9.10. The van der Waals surface area contributed by atoms with Crippen molar-refractivity contribution in [1.82, 2.24) is 0 Å². The van der Waals surface area contributed by atoms with Crippen LogP contribution in [-0.2, 0) is 6.42 Å². The number of hydrogen-bond acceptors (Lipinski definition) is 4. The lowest BCUT2D eigenvalue weighted by molar-refractivity contribution is 0.0851. The van der Waals surface area contributed by atoms with Gasteiger partial charge < -0.3 is 9.84 Å². The first-order valence-corrected chi connectivity index (χ1v) is 9.05. The van der Waals surface area contributed by atoms with Crippen molar-refractivity contribution < 1.29 is 14.6 Å². The minimum atomic E-state index is -0.293. The molecule has 0 fully saturated rings. The Labute approximate surface area is 147 Å². The number of rotatable bonds is 3. The van der Waals surface area contributed by atoms with E-state index in [9.17, 15) is 9.90 Å². The maximum Gasteiger partial charge on any atom is 0.170 e. The van der Waals surface area contributed by atoms with Crippen molar-refractivity contribution in [3.8, 4) is 11.5 Å². The van der Waals surface area contributed by atoms with Crippen molar-refractivity contribution in [3.63, 3.8) is 0 Å². The molecule has 1 aromatic heterocycles. The molecular weight excluding hydrogens is 376 g/mol. The van der Waals surface area contributed by atoms with Crippen LogP contribution in [0, 0.1) is 0 Å². The highest BCUT2D eigenvalue weighted by Crippen LogP contribution is 2.42. The van der Waals surface area contributed by atoms with Gasteiger partial charge in [-0.1, -0.05) is 11.6 Å². The van der Waals surface area contributed by atoms with Gasteiger partial charge in [-0.2, -0.15) is 0 Å². The van der Waals surface area contributed by atoms with E-state index >= 15 is 0 Å². The second kappa shape index (κ2) is 6.49. The lowest BCUT2D eigenvalue weighted by Crippen LogP contribution is -2.20. The maximum absolute atomic E-state index is 12.5. The summed E-state index contributed by atoms with van der Waals surface area (Å²) in [5.41, 5.74) is 2.40. The van der Waals surface area contributed by atoms with Crippen LogP contribution in [0.15, 0.2) is 39.7 Å². The summed E-state index contributed by atoms with van der Waals surface area (Å²) in [6.45, 7) is 4.01. The number of Topliss-reactive ketones (excluding diaryl/α,β-unsaturated/α-hetero) is 1. The van der Waals surface area contributed by atoms with Crippen LogP contribution in [0.4, 0.5) is 0 Å². The normalized spacial score (nSPS) is 16.7. The zero-order valence-electron chi connectivity index (χ0n) is 12.9. The molecule has 1 unspecified atom stereocenters. The third kappa shape index (κ3) is 3.35. The van der Waals surface area contributed by atoms with Gasteiger partial charge in [0.15, 0.2) is 5.78 Å². The Balaban J connectivity index is 2.02. The zero-order valence-corrected chi connectivity index (χ0v) is 15.3. The summed E-state index contributed by atoms with van der Waals surface area (Å²) in [5, 5.41) is 12.2. The largest absolute Gasteiger partial charge is 0.508 e. The van der Waals surface area contributed by atoms with Gasteiger partial charge in [-0.15, -0.1) is 11.3 Å². The summed E-state index contributed by atoms with van der Waals surface area (Å²) >= 11 is 5.00. The summed E-state index contributed by atoms with van der Waals surface area (Å²) in [7, 11) is 0. The van der Waals surface area contributed by atoms with Crippen LogP contribution in [0.2, 0.25) is 0 Å². The molecule has 3 rings (SSSR count). The first-order valence-electron chi connectivity index (χ1n) is 7.37. The van der Waals surface area contributed by atoms with E-state index < -0.39 is 0 Å². The summed E-state index contributed by atoms with van der Waals surface area (Å²) in [4.78, 5) is 13.5. The minimum Gasteiger partial charge on any atom is -0.508 e. The zero-order chi connectivity index (χ0) is 16.6. The number of carbonyl (C=O) groups is 1. The molecule has 0 radical (unpaired) electrons. The average Bonchev–Trinajstić information content (AvgIpc) is 2.92. The molecule has 3 nitrogen and oxygen atoms in total. The van der Waals surface area contributed by atoms with Crippen LogP contribution < -0.4 is 4.74 Å². The minimum absolute atomic E-state index is 0.0548. The monoisotopic (exact) mass is 392 g/mol. The van der Waals surface area contributed by atoms with Crippen LogP contribution in [0.3, 0.4) is 0 Å². The van der Waals surface area contributed by atoms with E-state index in [0.717, 1.165) is 14.9 Å². The van der Waals surface area contributed by atoms with Gasteiger partial charge in [-0.25, -0.2) is 0 Å². The molecule has 1 N–H and O–H groups in total. The number of phenols is 1. The fourth-order valence-electron chi connectivity index (χ4n) is 2.59. The predicted molar refractivity (Wildman–Crippen MR) is 95.6 cm³/mol. The number of ether oxygens (including phenoxy) is 1. The Morgan fingerprint density at radius 2 is 2.26 bits per heavy atom. The molecule has 0 saturated heterocycles. The predicted octanol–water partition coefficient (Wildman–Crippen LogP) is 5.43. The number of halogens is 1. The molecule has 2 aromatic rings. The Morgan fingerprint density at radius 3 is 2.91 bits per heavy atom. The summed E-state index contributed by atoms with van der Waals surface area (Å²) in [6, 6.07) is 5.21. The summed E-state index contributed by atoms with van der Waals surface area (Å²) < 4.78 is 7.11. The number of allylic oxidation sites excluding steroid dienone is 2. The van der Waals surface area contributed by atoms with E-state index in [4.69, 9.17) is 4.74 Å². The number of benzene rings is 1. The van der Waals surface area contributed by atoms with Gasteiger partial charge in [-0.3, -0.25) is 4.79 Å². The lowest BCUT2D eigenvalue weighted by atomic mass is 9.95. The molecule has 0 spiro atoms. The number of carbonyl (C=O) groups excluding carboxylic acids is 1. The summed E-state index contributed by atoms with van der Waals surface area (Å²) in [5.74, 6) is 0.745. The number of ketones is 1. The van der Waals surface area contributed by atoms with Crippen molar-refractivity contribution in [3.05, 3.63) is 55.7 Å². The number of fused-ring (bicyclic) bond motifs is 1. The molecule has 2 heterocycles. The van der Waals surface area contributed by atoms with Gasteiger partial charge in [0.1, 0.15) is 17.6 Å². The molecule has 1 aliphatic rings. The maximum atomic E-state index is 12.5. The quantitative estimate of drug-likeness (QED) is 0.708. The number of aromatic hydroxyl groups is 1. The molecule has 1 atom stereocenters. The third-order valence-corrected chi connectivity index (χ3v) is 5.57. The van der Waals surface area contributed by atoms with Crippen molar-refractivity contribution in [2.75, 3.05) is 0 Å². The van der Waals surface area contributed by atoms with Gasteiger partial charge in [0.25, 0.3) is 0 Å². The van der Waals surface area contributed by atoms with Crippen molar-refractivity contribution in [1.29, 1.82) is 0 Å². The lowest BCUT2D eigenvalue weighted by Gasteiger charge is -2.26. The van der Waals surface area contributed by atoms with Gasteiger partial charge in [-0.05, 0) is 54.4 Å². The number of phenolic OH excluding ortho intramolecular Hbond substituents is 1. The topological polar surface area (TPSA) is 46.5 Å². The van der Waals surface area contributed by atoms with Gasteiger partial charge in [0.2, 0.25) is 0 Å². The molecular formula is C18H17BrO3S. The molecule has 5 heteroatoms. The van der Waals surface area contributed by atoms with E-state index in [1.807, 2.05) is 31.4 Å². The van der Waals surface area contributed by atoms with Crippen LogP contribution in [0.5, 0.6) is 11.5 Å². The number of thiophene rings is 1. The fraction of sp³-hybridized carbons (Fsp3) is 0.278. The molecule has 0 saturated carbocycles. The average molecular weight is 393 g/mol. The Bertz CT molecular complexity index is 788. The van der Waals surface area contributed by atoms with Crippen LogP contribution in [0.25, 0.3) is 0 Å². The first kappa shape index (κ1) is 16.3. The van der Waals surface area contributed by atoms with Crippen molar-refractivity contribution >= 4 is 33.0 Å². The Hall–Kier alpha value is -1.59. The second-order valence-corrected chi connectivity index (χ2v) is 7.69. The van der Waals surface area contributed by atoms with Crippen LogP contribution in [-0.4, -0.2) is 10.9 Å². The van der Waals surface area contributed by atoms with Crippen LogP contribution in [0.1, 0.15) is 47.2 Å². The molecule has 1 aliphatic heterocycles. The highest BCUT2D eigenvalue weighted by atomic mass is 79.9. The van der Waals surface area contributed by atoms with E-state index in [1.165, 1.54) is 0 Å². The van der Waals surface area contributed by atoms with Gasteiger partial charge in [0.05, 0.1) is 12.0 Å². The fourth-order valence-corrected chi connectivity index (χ4v) is 4.07. The molecule has 23 heavy (non-hydrogen) atoms. The molecule has 0 bridgehead atoms. The van der Waals surface area contributed by atoms with E-state index in [2.05, 4.69) is 15.9 Å². The highest BCUT2D eigenvalue weighted by Gasteiger charge is 2.31. The Morgan fingerprint density at radius 1 is 1.48 bits per heavy atom. The second-order valence-electron chi connectivity index (χ2n) is 5.83. The van der Waals surface area contributed by atoms with Crippen molar-refractivity contribution in [2.45, 2.75) is 32.8 Å². The summed E-state index contributed by atoms with van der Waals surface area (Å²) in [6.07, 6.45) is 2.60. The third-order valence-electron chi connectivity index (χ3n) is 3.79. The molecule has 0 aliphatic carbocycles. The van der Waals surface area contributed by atoms with E-state index in [-0.39, 0.29) is 17.6 Å². The van der Waals surface area contributed by atoms with Crippen molar-refractivity contribution in [2.24, 2.45) is 0 Å². The Kier molecular flexibility index (Phi) is 4.60.